The molecule has 0 bridgehead atoms. The van der Waals surface area contributed by atoms with Crippen LogP contribution in [0.15, 0.2) is 47.4 Å². The Labute approximate surface area is 132 Å². The van der Waals surface area contributed by atoms with Gasteiger partial charge in [0.05, 0.1) is 12.0 Å². The van der Waals surface area contributed by atoms with E-state index in [4.69, 9.17) is 4.74 Å². The van der Waals surface area contributed by atoms with Gasteiger partial charge in [-0.25, -0.2) is 13.1 Å². The first-order chi connectivity index (χ1) is 10.4. The molecule has 0 radical (unpaired) electrons. The lowest BCUT2D eigenvalue weighted by atomic mass is 10.1. The van der Waals surface area contributed by atoms with Crippen molar-refractivity contribution in [2.75, 3.05) is 13.7 Å². The number of rotatable bonds is 6. The molecule has 0 unspecified atom stereocenters. The molecule has 2 rings (SSSR count). The maximum absolute atomic E-state index is 12.5. The minimum absolute atomic E-state index is 0.335. The summed E-state index contributed by atoms with van der Waals surface area (Å²) in [6.45, 7) is 3.93. The van der Waals surface area contributed by atoms with Crippen LogP contribution in [0, 0.1) is 13.8 Å². The summed E-state index contributed by atoms with van der Waals surface area (Å²) in [5.74, 6) is 0.665. The number of nitrogens with one attached hydrogen (secondary N) is 1. The van der Waals surface area contributed by atoms with Crippen molar-refractivity contribution in [3.05, 3.63) is 59.2 Å². The van der Waals surface area contributed by atoms with Gasteiger partial charge in [0.2, 0.25) is 10.0 Å². The Morgan fingerprint density at radius 3 is 2.18 bits per heavy atom. The second-order valence-electron chi connectivity index (χ2n) is 5.22. The van der Waals surface area contributed by atoms with Gasteiger partial charge in [-0.1, -0.05) is 30.3 Å². The molecule has 2 aromatic carbocycles. The van der Waals surface area contributed by atoms with Crippen molar-refractivity contribution < 1.29 is 13.2 Å². The maximum Gasteiger partial charge on any atom is 0.241 e. The van der Waals surface area contributed by atoms with Gasteiger partial charge in [0, 0.05) is 6.54 Å². The van der Waals surface area contributed by atoms with E-state index in [1.807, 2.05) is 30.3 Å². The van der Waals surface area contributed by atoms with Crippen molar-refractivity contribution in [2.24, 2.45) is 0 Å². The minimum Gasteiger partial charge on any atom is -0.497 e. The minimum atomic E-state index is -3.52. The number of hydrogen-bond acceptors (Lipinski definition) is 3. The SMILES string of the molecule is COc1cc(C)c(S(=O)(=O)NCCc2ccccc2)c(C)c1. The molecule has 0 aliphatic rings. The van der Waals surface area contributed by atoms with Crippen molar-refractivity contribution in [1.29, 1.82) is 0 Å². The highest BCUT2D eigenvalue weighted by Crippen LogP contribution is 2.25. The summed E-state index contributed by atoms with van der Waals surface area (Å²) in [4.78, 5) is 0.335. The predicted molar refractivity (Wildman–Crippen MR) is 87.8 cm³/mol. The van der Waals surface area contributed by atoms with Crippen molar-refractivity contribution >= 4 is 10.0 Å². The van der Waals surface area contributed by atoms with E-state index < -0.39 is 10.0 Å². The van der Waals surface area contributed by atoms with E-state index >= 15 is 0 Å². The van der Waals surface area contributed by atoms with Gasteiger partial charge in [-0.3, -0.25) is 0 Å². The first-order valence-corrected chi connectivity index (χ1v) is 8.61. The summed E-state index contributed by atoms with van der Waals surface area (Å²) in [6, 6.07) is 13.3. The average molecular weight is 319 g/mol. The molecule has 22 heavy (non-hydrogen) atoms. The van der Waals surface area contributed by atoms with Crippen molar-refractivity contribution in [1.82, 2.24) is 4.72 Å². The standard InChI is InChI=1S/C17H21NO3S/c1-13-11-16(21-3)12-14(2)17(13)22(19,20)18-10-9-15-7-5-4-6-8-15/h4-8,11-12,18H,9-10H2,1-3H3. The summed E-state index contributed by atoms with van der Waals surface area (Å²) in [6.07, 6.45) is 0.661. The smallest absolute Gasteiger partial charge is 0.241 e. The highest BCUT2D eigenvalue weighted by Gasteiger charge is 2.19. The molecule has 0 atom stereocenters. The third-order valence-electron chi connectivity index (χ3n) is 3.49. The number of hydrogen-bond donors (Lipinski definition) is 1. The van der Waals surface area contributed by atoms with Crippen LogP contribution < -0.4 is 9.46 Å². The van der Waals surface area contributed by atoms with Gasteiger partial charge in [-0.2, -0.15) is 0 Å². The van der Waals surface area contributed by atoms with Crippen LogP contribution in [0.5, 0.6) is 5.75 Å². The van der Waals surface area contributed by atoms with Crippen LogP contribution in [-0.4, -0.2) is 22.1 Å². The summed E-state index contributed by atoms with van der Waals surface area (Å²) < 4.78 is 32.9. The Hall–Kier alpha value is -1.85. The van der Waals surface area contributed by atoms with Crippen LogP contribution in [0.3, 0.4) is 0 Å². The highest BCUT2D eigenvalue weighted by molar-refractivity contribution is 7.89. The summed E-state index contributed by atoms with van der Waals surface area (Å²) >= 11 is 0. The molecule has 0 saturated heterocycles. The Morgan fingerprint density at radius 1 is 1.05 bits per heavy atom. The van der Waals surface area contributed by atoms with E-state index in [1.165, 1.54) is 0 Å². The highest BCUT2D eigenvalue weighted by atomic mass is 32.2. The largest absolute Gasteiger partial charge is 0.497 e. The van der Waals surface area contributed by atoms with Gasteiger partial charge < -0.3 is 4.74 Å². The van der Waals surface area contributed by atoms with E-state index in [1.54, 1.807) is 33.1 Å². The van der Waals surface area contributed by atoms with E-state index in [9.17, 15) is 8.42 Å². The molecule has 0 amide bonds. The van der Waals surface area contributed by atoms with E-state index in [0.29, 0.717) is 34.7 Å². The van der Waals surface area contributed by atoms with Crippen LogP contribution in [0.1, 0.15) is 16.7 Å². The second-order valence-corrected chi connectivity index (χ2v) is 6.93. The first kappa shape index (κ1) is 16.5. The third kappa shape index (κ3) is 3.87. The average Bonchev–Trinajstić information content (AvgIpc) is 2.47. The van der Waals surface area contributed by atoms with Crippen molar-refractivity contribution in [3.63, 3.8) is 0 Å². The van der Waals surface area contributed by atoms with E-state index in [0.717, 1.165) is 5.56 Å². The molecule has 0 heterocycles. The van der Waals surface area contributed by atoms with Gasteiger partial charge in [0.1, 0.15) is 5.75 Å². The zero-order chi connectivity index (χ0) is 16.2. The quantitative estimate of drug-likeness (QED) is 0.891. The lowest BCUT2D eigenvalue weighted by molar-refractivity contribution is 0.413. The number of ether oxygens (including phenoxy) is 1. The van der Waals surface area contributed by atoms with E-state index in [-0.39, 0.29) is 0 Å². The van der Waals surface area contributed by atoms with Crippen LogP contribution in [0.2, 0.25) is 0 Å². The molecule has 0 fully saturated rings. The first-order valence-electron chi connectivity index (χ1n) is 7.13. The van der Waals surface area contributed by atoms with Crippen LogP contribution in [0.4, 0.5) is 0 Å². The Balaban J connectivity index is 2.14. The van der Waals surface area contributed by atoms with Gasteiger partial charge in [0.15, 0.2) is 0 Å². The lowest BCUT2D eigenvalue weighted by Gasteiger charge is -2.13. The monoisotopic (exact) mass is 319 g/mol. The molecule has 0 aromatic heterocycles. The summed E-state index contributed by atoms with van der Waals surface area (Å²) in [7, 11) is -1.95. The fraction of sp³-hybridized carbons (Fsp3) is 0.294. The molecule has 1 N–H and O–H groups in total. The normalized spacial score (nSPS) is 11.4. The molecule has 0 aliphatic heterocycles. The number of aryl methyl sites for hydroxylation is 2. The summed E-state index contributed by atoms with van der Waals surface area (Å²) in [5, 5.41) is 0. The number of benzene rings is 2. The Morgan fingerprint density at radius 2 is 1.64 bits per heavy atom. The topological polar surface area (TPSA) is 55.4 Å². The van der Waals surface area contributed by atoms with Crippen LogP contribution in [0.25, 0.3) is 0 Å². The zero-order valence-corrected chi connectivity index (χ0v) is 13.9. The predicted octanol–water partition coefficient (Wildman–Crippen LogP) is 2.83. The van der Waals surface area contributed by atoms with Gasteiger partial charge in [-0.05, 0) is 49.1 Å². The Kier molecular flexibility index (Phi) is 5.21. The fourth-order valence-corrected chi connectivity index (χ4v) is 3.98. The molecule has 0 spiro atoms. The molecule has 4 nitrogen and oxygen atoms in total. The molecule has 0 saturated carbocycles. The molecule has 118 valence electrons. The second kappa shape index (κ2) is 6.94. The molecular weight excluding hydrogens is 298 g/mol. The van der Waals surface area contributed by atoms with Gasteiger partial charge in [-0.15, -0.1) is 0 Å². The maximum atomic E-state index is 12.5. The fourth-order valence-electron chi connectivity index (χ4n) is 2.50. The van der Waals surface area contributed by atoms with Gasteiger partial charge in [0.25, 0.3) is 0 Å². The van der Waals surface area contributed by atoms with Crippen molar-refractivity contribution in [3.8, 4) is 5.75 Å². The van der Waals surface area contributed by atoms with Gasteiger partial charge >= 0.3 is 0 Å². The van der Waals surface area contributed by atoms with Crippen LogP contribution in [-0.2, 0) is 16.4 Å². The zero-order valence-electron chi connectivity index (χ0n) is 13.1. The molecule has 2 aromatic rings. The molecular formula is C17H21NO3S. The van der Waals surface area contributed by atoms with Crippen LogP contribution >= 0.6 is 0 Å². The van der Waals surface area contributed by atoms with Crippen molar-refractivity contribution in [2.45, 2.75) is 25.2 Å². The lowest BCUT2D eigenvalue weighted by Crippen LogP contribution is -2.27. The van der Waals surface area contributed by atoms with E-state index in [2.05, 4.69) is 4.72 Å². The number of sulfonamides is 1. The molecule has 5 heteroatoms. The Bertz CT molecular complexity index is 717. The number of methoxy groups -OCH3 is 1. The third-order valence-corrected chi connectivity index (χ3v) is 5.25. The summed E-state index contributed by atoms with van der Waals surface area (Å²) in [5.41, 5.74) is 2.47. The molecule has 0 aliphatic carbocycles.